The highest BCUT2D eigenvalue weighted by Gasteiger charge is 2.30. The third kappa shape index (κ3) is 2.64. The van der Waals surface area contributed by atoms with Gasteiger partial charge in [0.15, 0.2) is 16.8 Å². The van der Waals surface area contributed by atoms with Crippen molar-refractivity contribution in [3.8, 4) is 11.3 Å². The van der Waals surface area contributed by atoms with Crippen LogP contribution in [0.15, 0.2) is 24.3 Å². The van der Waals surface area contributed by atoms with Gasteiger partial charge in [0.25, 0.3) is 0 Å². The minimum absolute atomic E-state index is 0.233. The molecule has 0 aliphatic carbocycles. The summed E-state index contributed by atoms with van der Waals surface area (Å²) < 4.78 is 41.1. The van der Waals surface area contributed by atoms with Gasteiger partial charge in [0.1, 0.15) is 11.5 Å². The molecule has 0 amide bonds. The number of aliphatic hydroxyl groups is 1. The first kappa shape index (κ1) is 14.8. The molecule has 0 saturated heterocycles. The van der Waals surface area contributed by atoms with E-state index in [9.17, 15) is 18.3 Å². The van der Waals surface area contributed by atoms with E-state index in [1.54, 1.807) is 0 Å². The standard InChI is InChI=1S/C14H11ClF3NO/c1-14(2,20)9-10(17)12(19-13(15)11(9)18)7-3-5-8(16)6-4-7/h3-6,20H,1-2H3. The molecule has 1 heterocycles. The molecular formula is C14H11ClF3NO. The maximum atomic E-state index is 14.4. The molecule has 0 aliphatic heterocycles. The summed E-state index contributed by atoms with van der Waals surface area (Å²) in [5, 5.41) is 9.31. The van der Waals surface area contributed by atoms with Gasteiger partial charge in [-0.3, -0.25) is 0 Å². The first-order valence-corrected chi connectivity index (χ1v) is 6.13. The van der Waals surface area contributed by atoms with Crippen molar-refractivity contribution in [3.63, 3.8) is 0 Å². The Labute approximate surface area is 118 Å². The molecule has 0 radical (unpaired) electrons. The van der Waals surface area contributed by atoms with Crippen LogP contribution in [0.25, 0.3) is 11.3 Å². The van der Waals surface area contributed by atoms with Gasteiger partial charge in [0, 0.05) is 5.56 Å². The molecule has 2 rings (SSSR count). The lowest BCUT2D eigenvalue weighted by Gasteiger charge is -2.21. The molecule has 0 spiro atoms. The summed E-state index contributed by atoms with van der Waals surface area (Å²) in [4.78, 5) is 3.63. The molecule has 0 unspecified atom stereocenters. The van der Waals surface area contributed by atoms with Crippen molar-refractivity contribution in [2.45, 2.75) is 19.4 Å². The molecular weight excluding hydrogens is 291 g/mol. The summed E-state index contributed by atoms with van der Waals surface area (Å²) in [5.41, 5.74) is -2.35. The van der Waals surface area contributed by atoms with E-state index in [0.717, 1.165) is 12.1 Å². The number of halogens is 4. The van der Waals surface area contributed by atoms with Gasteiger partial charge < -0.3 is 5.11 Å². The van der Waals surface area contributed by atoms with Crippen LogP contribution in [0.3, 0.4) is 0 Å². The van der Waals surface area contributed by atoms with E-state index in [-0.39, 0.29) is 11.3 Å². The molecule has 2 nitrogen and oxygen atoms in total. The second-order valence-corrected chi connectivity index (χ2v) is 5.18. The Bertz CT molecular complexity index is 651. The van der Waals surface area contributed by atoms with Crippen molar-refractivity contribution in [1.82, 2.24) is 4.98 Å². The van der Waals surface area contributed by atoms with Crippen LogP contribution in [0.4, 0.5) is 13.2 Å². The Morgan fingerprint density at radius 2 is 1.60 bits per heavy atom. The second-order valence-electron chi connectivity index (χ2n) is 4.82. The van der Waals surface area contributed by atoms with E-state index in [4.69, 9.17) is 11.6 Å². The maximum absolute atomic E-state index is 14.4. The number of nitrogens with zero attached hydrogens (tertiary/aromatic N) is 1. The Balaban J connectivity index is 2.73. The summed E-state index contributed by atoms with van der Waals surface area (Å²) >= 11 is 5.64. The van der Waals surface area contributed by atoms with Gasteiger partial charge >= 0.3 is 0 Å². The highest BCUT2D eigenvalue weighted by atomic mass is 35.5. The number of hydrogen-bond acceptors (Lipinski definition) is 2. The third-order valence-electron chi connectivity index (χ3n) is 2.77. The van der Waals surface area contributed by atoms with E-state index in [1.165, 1.54) is 26.0 Å². The number of rotatable bonds is 2. The van der Waals surface area contributed by atoms with Crippen molar-refractivity contribution in [2.24, 2.45) is 0 Å². The average molecular weight is 302 g/mol. The van der Waals surface area contributed by atoms with E-state index >= 15 is 0 Å². The molecule has 20 heavy (non-hydrogen) atoms. The number of pyridine rings is 1. The van der Waals surface area contributed by atoms with Crippen LogP contribution in [-0.4, -0.2) is 10.1 Å². The molecule has 6 heteroatoms. The number of aromatic nitrogens is 1. The van der Waals surface area contributed by atoms with Crippen LogP contribution in [0.2, 0.25) is 5.15 Å². The molecule has 0 atom stereocenters. The lowest BCUT2D eigenvalue weighted by molar-refractivity contribution is 0.0701. The van der Waals surface area contributed by atoms with Crippen molar-refractivity contribution >= 4 is 11.6 Å². The fraction of sp³-hybridized carbons (Fsp3) is 0.214. The van der Waals surface area contributed by atoms with Crippen molar-refractivity contribution in [1.29, 1.82) is 0 Å². The van der Waals surface area contributed by atoms with Gasteiger partial charge in [-0.05, 0) is 38.1 Å². The van der Waals surface area contributed by atoms with E-state index in [1.807, 2.05) is 0 Å². The van der Waals surface area contributed by atoms with Gasteiger partial charge in [-0.1, -0.05) is 11.6 Å². The predicted octanol–water partition coefficient (Wildman–Crippen LogP) is 4.05. The fourth-order valence-electron chi connectivity index (χ4n) is 1.85. The molecule has 0 bridgehead atoms. The van der Waals surface area contributed by atoms with Crippen molar-refractivity contribution in [2.75, 3.05) is 0 Å². The minimum Gasteiger partial charge on any atom is -0.386 e. The molecule has 1 aromatic heterocycles. The zero-order valence-electron chi connectivity index (χ0n) is 10.7. The summed E-state index contributed by atoms with van der Waals surface area (Å²) in [5.74, 6) is -2.63. The molecule has 106 valence electrons. The molecule has 0 aliphatic rings. The van der Waals surface area contributed by atoms with Crippen LogP contribution in [-0.2, 0) is 5.60 Å². The Kier molecular flexibility index (Phi) is 3.75. The average Bonchev–Trinajstić information content (AvgIpc) is 2.33. The SMILES string of the molecule is CC(C)(O)c1c(F)c(Cl)nc(-c2ccc(F)cc2)c1F. The van der Waals surface area contributed by atoms with E-state index in [0.29, 0.717) is 0 Å². The van der Waals surface area contributed by atoms with Crippen molar-refractivity contribution < 1.29 is 18.3 Å². The lowest BCUT2D eigenvalue weighted by Crippen LogP contribution is -2.21. The maximum Gasteiger partial charge on any atom is 0.169 e. The Morgan fingerprint density at radius 3 is 2.10 bits per heavy atom. The minimum atomic E-state index is -1.77. The first-order valence-electron chi connectivity index (χ1n) is 5.75. The van der Waals surface area contributed by atoms with Gasteiger partial charge in [-0.15, -0.1) is 0 Å². The van der Waals surface area contributed by atoms with Crippen LogP contribution >= 0.6 is 11.6 Å². The Morgan fingerprint density at radius 1 is 1.05 bits per heavy atom. The fourth-order valence-corrected chi connectivity index (χ4v) is 2.03. The smallest absolute Gasteiger partial charge is 0.169 e. The molecule has 2 aromatic rings. The topological polar surface area (TPSA) is 33.1 Å². The largest absolute Gasteiger partial charge is 0.386 e. The summed E-state index contributed by atoms with van der Waals surface area (Å²) in [6, 6.07) is 4.83. The summed E-state index contributed by atoms with van der Waals surface area (Å²) in [6.45, 7) is 2.47. The van der Waals surface area contributed by atoms with Gasteiger partial charge in [0.05, 0.1) is 11.2 Å². The molecule has 1 aromatic carbocycles. The summed E-state index contributed by atoms with van der Waals surface area (Å²) in [7, 11) is 0. The van der Waals surface area contributed by atoms with Gasteiger partial charge in [-0.25, -0.2) is 18.2 Å². The van der Waals surface area contributed by atoms with Gasteiger partial charge in [0.2, 0.25) is 0 Å². The van der Waals surface area contributed by atoms with Crippen molar-refractivity contribution in [3.05, 3.63) is 52.4 Å². The highest BCUT2D eigenvalue weighted by molar-refractivity contribution is 6.29. The summed E-state index contributed by atoms with van der Waals surface area (Å²) in [6.07, 6.45) is 0. The molecule has 1 N–H and O–H groups in total. The molecule has 0 fully saturated rings. The van der Waals surface area contributed by atoms with E-state index < -0.39 is 33.8 Å². The normalized spacial score (nSPS) is 11.8. The number of benzene rings is 1. The first-order chi connectivity index (χ1) is 9.21. The Hall–Kier alpha value is -1.59. The van der Waals surface area contributed by atoms with E-state index in [2.05, 4.69) is 4.98 Å². The zero-order chi connectivity index (χ0) is 15.1. The quantitative estimate of drug-likeness (QED) is 0.849. The van der Waals surface area contributed by atoms with Crippen LogP contribution in [0.5, 0.6) is 0 Å². The highest BCUT2D eigenvalue weighted by Crippen LogP contribution is 2.34. The second kappa shape index (κ2) is 5.07. The van der Waals surface area contributed by atoms with Gasteiger partial charge in [-0.2, -0.15) is 0 Å². The monoisotopic (exact) mass is 301 g/mol. The molecule has 0 saturated carbocycles. The third-order valence-corrected chi connectivity index (χ3v) is 3.02. The van der Waals surface area contributed by atoms with Crippen LogP contribution in [0.1, 0.15) is 19.4 Å². The predicted molar refractivity (Wildman–Crippen MR) is 69.8 cm³/mol. The number of hydrogen-bond donors (Lipinski definition) is 1. The van der Waals surface area contributed by atoms with Crippen LogP contribution in [0, 0.1) is 17.5 Å². The van der Waals surface area contributed by atoms with Crippen LogP contribution < -0.4 is 0 Å². The lowest BCUT2D eigenvalue weighted by atomic mass is 9.96. The zero-order valence-corrected chi connectivity index (χ0v) is 11.5.